The molecule has 96 valence electrons. The second kappa shape index (κ2) is 6.79. The summed E-state index contributed by atoms with van der Waals surface area (Å²) in [5, 5.41) is 13.6. The first-order valence-electron chi connectivity index (χ1n) is 5.49. The smallest absolute Gasteiger partial charge is 0.315 e. The number of carboxylic acid groups (broad SMARTS) is 1. The van der Waals surface area contributed by atoms with Crippen LogP contribution < -0.4 is 10.6 Å². The average Bonchev–Trinajstić information content (AvgIpc) is 2.19. The third-order valence-corrected chi connectivity index (χ3v) is 2.16. The van der Waals surface area contributed by atoms with Crippen LogP contribution >= 0.6 is 0 Å². The Morgan fingerprint density at radius 3 is 2.41 bits per heavy atom. The van der Waals surface area contributed by atoms with Crippen molar-refractivity contribution < 1.29 is 14.7 Å². The number of nitrogens with one attached hydrogen (secondary N) is 2. The molecule has 0 aliphatic carbocycles. The first-order valence-corrected chi connectivity index (χ1v) is 5.49. The Labute approximate surface area is 102 Å². The Balaban J connectivity index is 3.94. The van der Waals surface area contributed by atoms with E-state index in [0.717, 1.165) is 0 Å². The summed E-state index contributed by atoms with van der Waals surface area (Å²) < 4.78 is 0. The molecular weight excluding hydrogens is 220 g/mol. The Kier molecular flexibility index (Phi) is 6.11. The zero-order valence-electron chi connectivity index (χ0n) is 10.5. The lowest BCUT2D eigenvalue weighted by Crippen LogP contribution is -2.47. The van der Waals surface area contributed by atoms with Crippen molar-refractivity contribution in [3.05, 3.63) is 0 Å². The van der Waals surface area contributed by atoms with E-state index < -0.39 is 5.97 Å². The normalized spacial score (nSPS) is 12.4. The number of amides is 2. The van der Waals surface area contributed by atoms with Gasteiger partial charge in [-0.25, -0.2) is 4.79 Å². The van der Waals surface area contributed by atoms with Gasteiger partial charge in [0, 0.05) is 13.0 Å². The average molecular weight is 240 g/mol. The first kappa shape index (κ1) is 15.3. The van der Waals surface area contributed by atoms with Gasteiger partial charge in [-0.1, -0.05) is 26.7 Å². The van der Waals surface area contributed by atoms with E-state index in [1.807, 2.05) is 20.8 Å². The number of urea groups is 1. The van der Waals surface area contributed by atoms with Crippen LogP contribution in [-0.2, 0) is 4.79 Å². The number of carbonyl (C=O) groups excluding carboxylic acids is 1. The van der Waals surface area contributed by atoms with Crippen molar-refractivity contribution in [2.24, 2.45) is 5.41 Å². The minimum Gasteiger partial charge on any atom is -0.481 e. The third-order valence-electron chi connectivity index (χ3n) is 2.16. The van der Waals surface area contributed by atoms with Crippen LogP contribution in [0.1, 0.15) is 33.6 Å². The van der Waals surface area contributed by atoms with Crippen LogP contribution in [0, 0.1) is 17.8 Å². The van der Waals surface area contributed by atoms with E-state index in [4.69, 9.17) is 11.5 Å². The summed E-state index contributed by atoms with van der Waals surface area (Å²) in [7, 11) is 0. The summed E-state index contributed by atoms with van der Waals surface area (Å²) in [6.07, 6.45) is 5.77. The van der Waals surface area contributed by atoms with E-state index in [9.17, 15) is 9.59 Å². The van der Waals surface area contributed by atoms with Crippen LogP contribution in [0.15, 0.2) is 0 Å². The van der Waals surface area contributed by atoms with E-state index in [-0.39, 0.29) is 23.9 Å². The lowest BCUT2D eigenvalue weighted by molar-refractivity contribution is -0.137. The van der Waals surface area contributed by atoms with Crippen molar-refractivity contribution in [1.29, 1.82) is 0 Å². The fourth-order valence-corrected chi connectivity index (χ4v) is 1.13. The summed E-state index contributed by atoms with van der Waals surface area (Å²) in [5.74, 6) is 1.64. The number of terminal acetylenes is 1. The molecule has 0 radical (unpaired) electrons. The molecule has 0 aromatic rings. The zero-order chi connectivity index (χ0) is 13.5. The van der Waals surface area contributed by atoms with Gasteiger partial charge in [0.25, 0.3) is 0 Å². The van der Waals surface area contributed by atoms with E-state index >= 15 is 0 Å². The maximum Gasteiger partial charge on any atom is 0.315 e. The van der Waals surface area contributed by atoms with Crippen molar-refractivity contribution in [1.82, 2.24) is 10.6 Å². The van der Waals surface area contributed by atoms with Crippen LogP contribution in [0.25, 0.3) is 0 Å². The number of aliphatic carboxylic acids is 1. The Bertz CT molecular complexity index is 313. The van der Waals surface area contributed by atoms with Gasteiger partial charge in [0.2, 0.25) is 0 Å². The summed E-state index contributed by atoms with van der Waals surface area (Å²) >= 11 is 0. The molecule has 17 heavy (non-hydrogen) atoms. The first-order chi connectivity index (χ1) is 7.77. The molecule has 5 heteroatoms. The molecule has 0 saturated heterocycles. The highest BCUT2D eigenvalue weighted by atomic mass is 16.4. The minimum atomic E-state index is -0.872. The predicted molar refractivity (Wildman–Crippen MR) is 65.5 cm³/mol. The van der Waals surface area contributed by atoms with Gasteiger partial charge in [-0.15, -0.1) is 6.42 Å². The van der Waals surface area contributed by atoms with E-state index in [2.05, 4.69) is 16.6 Å². The molecule has 0 rings (SSSR count). The molecule has 0 bridgehead atoms. The fourth-order valence-electron chi connectivity index (χ4n) is 1.13. The predicted octanol–water partition coefficient (Wildman–Crippen LogP) is 1.20. The standard InChI is InChI=1S/C12H20N2O3/c1-5-9(12(2,3)4)14-11(17)13-8-6-7-10(15)16/h1,9H,6-8H2,2-4H3,(H,15,16)(H2,13,14,17). The van der Waals surface area contributed by atoms with Gasteiger partial charge in [0.05, 0.1) is 6.04 Å². The van der Waals surface area contributed by atoms with Crippen molar-refractivity contribution in [2.45, 2.75) is 39.7 Å². The lowest BCUT2D eigenvalue weighted by Gasteiger charge is -2.27. The fraction of sp³-hybridized carbons (Fsp3) is 0.667. The highest BCUT2D eigenvalue weighted by Gasteiger charge is 2.23. The molecule has 1 atom stereocenters. The molecular formula is C12H20N2O3. The Morgan fingerprint density at radius 1 is 1.41 bits per heavy atom. The molecule has 0 aromatic carbocycles. The molecule has 0 heterocycles. The van der Waals surface area contributed by atoms with Gasteiger partial charge in [-0.05, 0) is 11.8 Å². The molecule has 2 amide bonds. The van der Waals surface area contributed by atoms with Gasteiger partial charge >= 0.3 is 12.0 Å². The number of carboxylic acids is 1. The van der Waals surface area contributed by atoms with Crippen LogP contribution in [0.3, 0.4) is 0 Å². The Morgan fingerprint density at radius 2 is 2.00 bits per heavy atom. The second-order valence-corrected chi connectivity index (χ2v) is 4.86. The highest BCUT2D eigenvalue weighted by molar-refractivity contribution is 5.74. The quantitative estimate of drug-likeness (QED) is 0.499. The molecule has 0 fully saturated rings. The minimum absolute atomic E-state index is 0.0398. The number of carbonyl (C=O) groups is 2. The topological polar surface area (TPSA) is 78.4 Å². The van der Waals surface area contributed by atoms with Gasteiger partial charge in [0.1, 0.15) is 0 Å². The molecule has 0 saturated carbocycles. The number of rotatable bonds is 5. The molecule has 0 aliphatic rings. The van der Waals surface area contributed by atoms with Crippen molar-refractivity contribution in [2.75, 3.05) is 6.54 Å². The molecule has 0 aliphatic heterocycles. The lowest BCUT2D eigenvalue weighted by atomic mass is 9.87. The van der Waals surface area contributed by atoms with Crippen molar-refractivity contribution in [3.63, 3.8) is 0 Å². The number of hydrogen-bond acceptors (Lipinski definition) is 2. The summed E-state index contributed by atoms with van der Waals surface area (Å²) in [5.41, 5.74) is -0.215. The van der Waals surface area contributed by atoms with E-state index in [1.165, 1.54) is 0 Å². The monoisotopic (exact) mass is 240 g/mol. The number of hydrogen-bond donors (Lipinski definition) is 3. The Hall–Kier alpha value is -1.70. The highest BCUT2D eigenvalue weighted by Crippen LogP contribution is 2.18. The SMILES string of the molecule is C#CC(NC(=O)NCCCC(=O)O)C(C)(C)C. The van der Waals surface area contributed by atoms with E-state index in [1.54, 1.807) is 0 Å². The molecule has 3 N–H and O–H groups in total. The third kappa shape index (κ3) is 7.23. The maximum absolute atomic E-state index is 11.4. The van der Waals surface area contributed by atoms with Gasteiger partial charge in [-0.3, -0.25) is 4.79 Å². The van der Waals surface area contributed by atoms with Gasteiger partial charge < -0.3 is 15.7 Å². The van der Waals surface area contributed by atoms with Crippen LogP contribution in [0.5, 0.6) is 0 Å². The van der Waals surface area contributed by atoms with Crippen molar-refractivity contribution in [3.8, 4) is 12.3 Å². The molecule has 1 unspecified atom stereocenters. The summed E-state index contributed by atoms with van der Waals surface area (Å²) in [6, 6.07) is -0.727. The van der Waals surface area contributed by atoms with Crippen LogP contribution in [-0.4, -0.2) is 29.7 Å². The maximum atomic E-state index is 11.4. The largest absolute Gasteiger partial charge is 0.481 e. The van der Waals surface area contributed by atoms with Crippen LogP contribution in [0.4, 0.5) is 4.79 Å². The zero-order valence-corrected chi connectivity index (χ0v) is 10.5. The second-order valence-electron chi connectivity index (χ2n) is 4.86. The van der Waals surface area contributed by atoms with Crippen LogP contribution in [0.2, 0.25) is 0 Å². The van der Waals surface area contributed by atoms with Gasteiger partial charge in [0.15, 0.2) is 0 Å². The van der Waals surface area contributed by atoms with Crippen molar-refractivity contribution >= 4 is 12.0 Å². The molecule has 0 aromatic heterocycles. The molecule has 5 nitrogen and oxygen atoms in total. The van der Waals surface area contributed by atoms with Gasteiger partial charge in [-0.2, -0.15) is 0 Å². The summed E-state index contributed by atoms with van der Waals surface area (Å²) in [6.45, 7) is 6.12. The summed E-state index contributed by atoms with van der Waals surface area (Å²) in [4.78, 5) is 21.7. The molecule has 0 spiro atoms. The van der Waals surface area contributed by atoms with E-state index in [0.29, 0.717) is 13.0 Å².